The topological polar surface area (TPSA) is 29.5 Å². The Morgan fingerprint density at radius 1 is 0.895 bits per heavy atom. The molecule has 94 valence electrons. The van der Waals surface area contributed by atoms with Crippen molar-refractivity contribution in [3.05, 3.63) is 60.7 Å². The molecule has 0 radical (unpaired) electrons. The van der Waals surface area contributed by atoms with E-state index in [4.69, 9.17) is 4.74 Å². The lowest BCUT2D eigenvalue weighted by Gasteiger charge is -2.09. The second kappa shape index (κ2) is 4.65. The average Bonchev–Trinajstić information content (AvgIpc) is 2.48. The monoisotopic (exact) mass is 250 g/mol. The van der Waals surface area contributed by atoms with Crippen molar-refractivity contribution in [2.24, 2.45) is 0 Å². The highest BCUT2D eigenvalue weighted by Gasteiger charge is 2.08. The Morgan fingerprint density at radius 2 is 1.74 bits per heavy atom. The molecule has 0 spiro atoms. The fraction of sp³-hybridized carbons (Fsp3) is 0.0588. The molecule has 0 aliphatic heterocycles. The second-order valence-corrected chi connectivity index (χ2v) is 4.41. The van der Waals surface area contributed by atoms with Gasteiger partial charge in [-0.25, -0.2) is 0 Å². The molecule has 19 heavy (non-hydrogen) atoms. The smallest absolute Gasteiger partial charge is 0.131 e. The number of rotatable bonds is 2. The van der Waals surface area contributed by atoms with Crippen LogP contribution in [0.2, 0.25) is 0 Å². The van der Waals surface area contributed by atoms with Gasteiger partial charge in [-0.15, -0.1) is 0 Å². The van der Waals surface area contributed by atoms with Crippen LogP contribution in [0.3, 0.4) is 0 Å². The fourth-order valence-corrected chi connectivity index (χ4v) is 2.28. The summed E-state index contributed by atoms with van der Waals surface area (Å²) in [6.07, 6.45) is 0. The summed E-state index contributed by atoms with van der Waals surface area (Å²) >= 11 is 0. The van der Waals surface area contributed by atoms with E-state index in [9.17, 15) is 5.11 Å². The van der Waals surface area contributed by atoms with Crippen LogP contribution in [0.15, 0.2) is 60.7 Å². The van der Waals surface area contributed by atoms with E-state index in [1.807, 2.05) is 60.7 Å². The van der Waals surface area contributed by atoms with E-state index in [1.54, 1.807) is 7.11 Å². The molecular weight excluding hydrogens is 236 g/mol. The quantitative estimate of drug-likeness (QED) is 0.737. The van der Waals surface area contributed by atoms with Crippen LogP contribution in [0.5, 0.6) is 11.5 Å². The van der Waals surface area contributed by atoms with Gasteiger partial charge in [0.25, 0.3) is 0 Å². The highest BCUT2D eigenvalue weighted by Crippen LogP contribution is 2.36. The molecule has 0 aromatic heterocycles. The molecule has 1 N–H and O–H groups in total. The Bertz CT molecular complexity index is 732. The van der Waals surface area contributed by atoms with Crippen LogP contribution in [0.25, 0.3) is 21.9 Å². The molecule has 0 heterocycles. The van der Waals surface area contributed by atoms with E-state index in [0.717, 1.165) is 27.6 Å². The van der Waals surface area contributed by atoms with Gasteiger partial charge in [-0.3, -0.25) is 0 Å². The first-order valence-corrected chi connectivity index (χ1v) is 6.15. The summed E-state index contributed by atoms with van der Waals surface area (Å²) in [6, 6.07) is 19.5. The van der Waals surface area contributed by atoms with Gasteiger partial charge in [-0.05, 0) is 23.1 Å². The highest BCUT2D eigenvalue weighted by molar-refractivity contribution is 5.94. The van der Waals surface area contributed by atoms with Crippen molar-refractivity contribution in [1.29, 1.82) is 0 Å². The average molecular weight is 250 g/mol. The normalized spacial score (nSPS) is 10.6. The van der Waals surface area contributed by atoms with E-state index >= 15 is 0 Å². The molecule has 0 saturated carbocycles. The molecule has 0 atom stereocenters. The molecule has 0 aliphatic rings. The van der Waals surface area contributed by atoms with Gasteiger partial charge in [0.05, 0.1) is 7.11 Å². The molecule has 0 unspecified atom stereocenters. The number of ether oxygens (including phenoxy) is 1. The maximum atomic E-state index is 10.4. The summed E-state index contributed by atoms with van der Waals surface area (Å²) < 4.78 is 5.22. The summed E-state index contributed by atoms with van der Waals surface area (Å²) in [7, 11) is 1.64. The van der Waals surface area contributed by atoms with Crippen molar-refractivity contribution in [1.82, 2.24) is 0 Å². The lowest BCUT2D eigenvalue weighted by molar-refractivity contribution is 0.415. The SMILES string of the molecule is COc1cccc(-c2ccc3ccccc3c2O)c1. The molecule has 0 bridgehead atoms. The number of hydrogen-bond acceptors (Lipinski definition) is 2. The summed E-state index contributed by atoms with van der Waals surface area (Å²) in [5.74, 6) is 1.09. The predicted molar refractivity (Wildman–Crippen MR) is 77.6 cm³/mol. The zero-order valence-corrected chi connectivity index (χ0v) is 10.6. The van der Waals surface area contributed by atoms with Gasteiger partial charge in [-0.1, -0.05) is 48.5 Å². The van der Waals surface area contributed by atoms with Gasteiger partial charge in [0.15, 0.2) is 0 Å². The minimum absolute atomic E-state index is 0.311. The van der Waals surface area contributed by atoms with E-state index in [1.165, 1.54) is 0 Å². The van der Waals surface area contributed by atoms with Crippen LogP contribution >= 0.6 is 0 Å². The Labute approximate surface area is 111 Å². The van der Waals surface area contributed by atoms with Crippen molar-refractivity contribution in [2.75, 3.05) is 7.11 Å². The molecule has 2 nitrogen and oxygen atoms in total. The minimum atomic E-state index is 0.311. The van der Waals surface area contributed by atoms with E-state index in [0.29, 0.717) is 5.75 Å². The van der Waals surface area contributed by atoms with Crippen molar-refractivity contribution in [3.63, 3.8) is 0 Å². The van der Waals surface area contributed by atoms with Gasteiger partial charge in [0.1, 0.15) is 11.5 Å². The number of methoxy groups -OCH3 is 1. The molecule has 3 aromatic rings. The molecule has 0 fully saturated rings. The van der Waals surface area contributed by atoms with E-state index in [-0.39, 0.29) is 0 Å². The summed E-state index contributed by atoms with van der Waals surface area (Å²) in [5, 5.41) is 12.3. The van der Waals surface area contributed by atoms with Gasteiger partial charge < -0.3 is 9.84 Å². The van der Waals surface area contributed by atoms with Crippen LogP contribution in [0.1, 0.15) is 0 Å². The van der Waals surface area contributed by atoms with Gasteiger partial charge in [-0.2, -0.15) is 0 Å². The third-order valence-corrected chi connectivity index (χ3v) is 3.28. The molecule has 3 rings (SSSR count). The first-order valence-electron chi connectivity index (χ1n) is 6.15. The third-order valence-electron chi connectivity index (χ3n) is 3.28. The summed E-state index contributed by atoms with van der Waals surface area (Å²) in [4.78, 5) is 0. The maximum absolute atomic E-state index is 10.4. The molecule has 3 aromatic carbocycles. The van der Waals surface area contributed by atoms with E-state index < -0.39 is 0 Å². The van der Waals surface area contributed by atoms with Gasteiger partial charge in [0, 0.05) is 10.9 Å². The molecule has 0 saturated heterocycles. The molecule has 0 aliphatic carbocycles. The number of fused-ring (bicyclic) bond motifs is 1. The fourth-order valence-electron chi connectivity index (χ4n) is 2.28. The van der Waals surface area contributed by atoms with Crippen LogP contribution in [-0.2, 0) is 0 Å². The van der Waals surface area contributed by atoms with Gasteiger partial charge >= 0.3 is 0 Å². The summed E-state index contributed by atoms with van der Waals surface area (Å²) in [5.41, 5.74) is 1.76. The number of phenolic OH excluding ortho intramolecular Hbond substituents is 1. The Balaban J connectivity index is 2.22. The highest BCUT2D eigenvalue weighted by atomic mass is 16.5. The van der Waals surface area contributed by atoms with Crippen molar-refractivity contribution in [2.45, 2.75) is 0 Å². The first kappa shape index (κ1) is 11.6. The number of phenols is 1. The Kier molecular flexibility index (Phi) is 2.84. The van der Waals surface area contributed by atoms with Crippen molar-refractivity contribution < 1.29 is 9.84 Å². The van der Waals surface area contributed by atoms with E-state index in [2.05, 4.69) is 0 Å². The number of aromatic hydroxyl groups is 1. The van der Waals surface area contributed by atoms with Crippen LogP contribution < -0.4 is 4.74 Å². The van der Waals surface area contributed by atoms with Crippen LogP contribution in [0.4, 0.5) is 0 Å². The molecule has 0 amide bonds. The second-order valence-electron chi connectivity index (χ2n) is 4.41. The van der Waals surface area contributed by atoms with Crippen molar-refractivity contribution in [3.8, 4) is 22.6 Å². The minimum Gasteiger partial charge on any atom is -0.507 e. The standard InChI is InChI=1S/C17H14O2/c1-19-14-7-4-6-13(11-14)16-10-9-12-5-2-3-8-15(12)17(16)18/h2-11,18H,1H3. The predicted octanol–water partition coefficient (Wildman–Crippen LogP) is 4.22. The Morgan fingerprint density at radius 3 is 2.58 bits per heavy atom. The van der Waals surface area contributed by atoms with Crippen molar-refractivity contribution >= 4 is 10.8 Å². The molecule has 2 heteroatoms. The molecular formula is C17H14O2. The number of benzene rings is 3. The lowest BCUT2D eigenvalue weighted by Crippen LogP contribution is -1.85. The lowest BCUT2D eigenvalue weighted by atomic mass is 9.99. The van der Waals surface area contributed by atoms with Gasteiger partial charge in [0.2, 0.25) is 0 Å². The first-order chi connectivity index (χ1) is 9.29. The van der Waals surface area contributed by atoms with Crippen LogP contribution in [-0.4, -0.2) is 12.2 Å². The zero-order chi connectivity index (χ0) is 13.2. The van der Waals surface area contributed by atoms with Crippen LogP contribution in [0, 0.1) is 0 Å². The Hall–Kier alpha value is -2.48. The number of hydrogen-bond donors (Lipinski definition) is 1. The third kappa shape index (κ3) is 2.02. The summed E-state index contributed by atoms with van der Waals surface area (Å²) in [6.45, 7) is 0. The zero-order valence-electron chi connectivity index (χ0n) is 10.6. The largest absolute Gasteiger partial charge is 0.507 e. The maximum Gasteiger partial charge on any atom is 0.131 e.